The van der Waals surface area contributed by atoms with Crippen molar-refractivity contribution >= 4 is 102 Å². The number of thiophene rings is 1. The number of morpholine rings is 2. The molecule has 3 fully saturated rings. The van der Waals surface area contributed by atoms with Gasteiger partial charge in [-0.25, -0.2) is 39.9 Å². The molecule has 36 heteroatoms. The Kier molecular flexibility index (Phi) is 24.3. The maximum Gasteiger partial charge on any atom is 0.182 e. The number of aliphatic imine (C=N–C) groups is 1. The van der Waals surface area contributed by atoms with Crippen molar-refractivity contribution in [3.05, 3.63) is 249 Å². The van der Waals surface area contributed by atoms with Gasteiger partial charge in [0.2, 0.25) is 0 Å². The lowest BCUT2D eigenvalue weighted by atomic mass is 9.99. The third kappa shape index (κ3) is 17.2. The first kappa shape index (κ1) is 85.4. The predicted octanol–water partition coefficient (Wildman–Crippen LogP) is 13.4. The standard InChI is InChI=1S/C25H28N10.C25H26N8O.C24H25N9O.C20H19ClN4OS/c1-4-19-25-31-30-17(2)34(25)16-21(28-19)24-29-20-14-27-23(33-11-9-32(3)10-12-33)13-22(20)35(24)15-18-5-7-26-8-6-18;1-3-20-25-30-29-17(2)32(25)16-22(27-20)24-28-21-7-6-19(31-9-11-34-12-10-31)13-23(21)33(24)15-18-5-4-8-26-14-18;1-3-18-24-30-29-16(2)32(24)15-20(27-18)23-28-19-13-26-22(31-7-9-34-10-8-31)11-21(19)33(23)14-17-5-4-6-25-12-17;1-10(26)9-16-19-24-23-13(4)25(19)20-17(11(2)12(3)27-20)18(22-16)14-5-7-15(21)8-6-14/h5-8,13-14,16H,4,9-12,15H2,1-3H3;4-8,13-14,16H,3,9-12,15H2,1-2H3;4-6,11-13,15H,3,7-10,14H2,1-2H3;5-8,16H,9H2,1-4H3/t;;;16-/m...0/s1. The van der Waals surface area contributed by atoms with Crippen molar-refractivity contribution in [2.75, 3.05) is 101 Å². The van der Waals surface area contributed by atoms with Crippen molar-refractivity contribution in [3.8, 4) is 39.6 Å². The van der Waals surface area contributed by atoms with E-state index in [4.69, 9.17) is 65.9 Å². The number of hydrogen-bond donors (Lipinski definition) is 0. The number of ketones is 1. The lowest BCUT2D eigenvalue weighted by Crippen LogP contribution is -2.44. The number of hydrogen-bond acceptors (Lipinski definition) is 28. The number of piperazine rings is 1. The zero-order chi connectivity index (χ0) is 89.4. The highest BCUT2D eigenvalue weighted by molar-refractivity contribution is 7.15. The Hall–Kier alpha value is -14.0. The average Bonchev–Trinajstić information content (AvgIpc) is 1.59. The van der Waals surface area contributed by atoms with Crippen molar-refractivity contribution in [1.82, 2.24) is 132 Å². The van der Waals surface area contributed by atoms with Crippen molar-refractivity contribution in [3.63, 3.8) is 0 Å². The van der Waals surface area contributed by atoms with Gasteiger partial charge in [-0.15, -0.1) is 52.1 Å². The summed E-state index contributed by atoms with van der Waals surface area (Å²) in [6.07, 6.45) is 23.3. The summed E-state index contributed by atoms with van der Waals surface area (Å²) in [5.74, 6) is 8.40. The van der Waals surface area contributed by atoms with Crippen LogP contribution in [0.15, 0.2) is 164 Å². The summed E-state index contributed by atoms with van der Waals surface area (Å²) in [6, 6.07) is 30.2. The number of aryl methyl sites for hydroxylation is 8. The number of carbonyl (C=O) groups excluding carboxylic acids is 1. The van der Waals surface area contributed by atoms with E-state index in [1.807, 2.05) is 145 Å². The molecule has 0 saturated carbocycles. The molecule has 22 rings (SSSR count). The van der Waals surface area contributed by atoms with Gasteiger partial charge >= 0.3 is 0 Å². The summed E-state index contributed by atoms with van der Waals surface area (Å²) in [5.41, 5.74) is 21.9. The van der Waals surface area contributed by atoms with E-state index in [0.29, 0.717) is 50.1 Å². The fourth-order valence-electron chi connectivity index (χ4n) is 17.1. The zero-order valence-electron chi connectivity index (χ0n) is 74.4. The molecule has 4 aliphatic rings. The Morgan fingerprint density at radius 2 is 0.946 bits per heavy atom. The molecule has 20 heterocycles. The number of ether oxygens (including phenoxy) is 2. The second-order valence-electron chi connectivity index (χ2n) is 32.8. The van der Waals surface area contributed by atoms with E-state index >= 15 is 0 Å². The van der Waals surface area contributed by atoms with Gasteiger partial charge in [0.05, 0.1) is 96.8 Å². The van der Waals surface area contributed by atoms with E-state index < -0.39 is 0 Å². The minimum absolute atomic E-state index is 0.0737. The monoisotopic (exact) mass is 1780 g/mol. The number of benzene rings is 2. The van der Waals surface area contributed by atoms with Crippen LogP contribution in [0.4, 0.5) is 17.3 Å². The van der Waals surface area contributed by atoms with Crippen molar-refractivity contribution in [1.29, 1.82) is 0 Å². The first-order chi connectivity index (χ1) is 63.4. The maximum absolute atomic E-state index is 11.9. The smallest absolute Gasteiger partial charge is 0.182 e. The molecule has 0 unspecified atom stereocenters. The van der Waals surface area contributed by atoms with Crippen LogP contribution in [0.25, 0.3) is 89.6 Å². The summed E-state index contributed by atoms with van der Waals surface area (Å²) >= 11 is 7.79. The molecule has 4 aliphatic heterocycles. The van der Waals surface area contributed by atoms with Gasteiger partial charge in [0.25, 0.3) is 0 Å². The lowest BCUT2D eigenvalue weighted by Gasteiger charge is -2.33. The zero-order valence-corrected chi connectivity index (χ0v) is 76.0. The summed E-state index contributed by atoms with van der Waals surface area (Å²) in [7, 11) is 2.16. The van der Waals surface area contributed by atoms with Crippen molar-refractivity contribution in [2.24, 2.45) is 4.99 Å². The summed E-state index contributed by atoms with van der Waals surface area (Å²) in [5, 5.41) is 36.1. The van der Waals surface area contributed by atoms with Crippen LogP contribution in [0.1, 0.15) is 125 Å². The molecule has 1 atom stereocenters. The van der Waals surface area contributed by atoms with Crippen LogP contribution in [0, 0.1) is 41.5 Å². The van der Waals surface area contributed by atoms with E-state index in [2.05, 4.69) is 178 Å². The molecular weight excluding hydrogens is 1680 g/mol. The Morgan fingerprint density at radius 1 is 0.477 bits per heavy atom. The molecule has 34 nitrogen and oxygen atoms in total. The molecule has 0 aliphatic carbocycles. The Balaban J connectivity index is 0.000000113. The number of fused-ring (bicyclic) bond motifs is 9. The molecule has 16 aromatic heterocycles. The number of nitrogens with zero attached hydrogens (tertiary/aromatic N) is 31. The molecule has 130 heavy (non-hydrogen) atoms. The molecule has 660 valence electrons. The number of carbonyl (C=O) groups is 1. The third-order valence-corrected chi connectivity index (χ3v) is 25.6. The fraction of sp³-hybridized carbons (Fsp3) is 0.330. The predicted molar refractivity (Wildman–Crippen MR) is 501 cm³/mol. The largest absolute Gasteiger partial charge is 0.378 e. The van der Waals surface area contributed by atoms with Crippen molar-refractivity contribution in [2.45, 2.75) is 121 Å². The van der Waals surface area contributed by atoms with Gasteiger partial charge in [-0.2, -0.15) is 0 Å². The van der Waals surface area contributed by atoms with E-state index in [1.165, 1.54) is 16.1 Å². The summed E-state index contributed by atoms with van der Waals surface area (Å²) in [4.78, 5) is 79.7. The minimum atomic E-state index is -0.367. The molecule has 2 aromatic carbocycles. The second kappa shape index (κ2) is 37.0. The number of likely N-dealkylation sites (N-methyl/N-ethyl adjacent to an activating group) is 1. The number of pyridine rings is 5. The molecule has 0 spiro atoms. The van der Waals surface area contributed by atoms with Gasteiger partial charge < -0.3 is 42.8 Å². The molecule has 3 saturated heterocycles. The van der Waals surface area contributed by atoms with Crippen LogP contribution in [0.5, 0.6) is 0 Å². The number of halogens is 1. The van der Waals surface area contributed by atoms with Gasteiger partial charge in [0.15, 0.2) is 40.2 Å². The number of imidazole rings is 3. The molecular formula is C94H98ClN31O3S. The third-order valence-electron chi connectivity index (χ3n) is 24.2. The summed E-state index contributed by atoms with van der Waals surface area (Å²) in [6.45, 7) is 32.1. The van der Waals surface area contributed by atoms with E-state index in [9.17, 15) is 4.79 Å². The Labute approximate surface area is 757 Å². The number of aromatic nitrogens is 26. The van der Waals surface area contributed by atoms with Gasteiger partial charge in [-0.3, -0.25) is 42.5 Å². The highest BCUT2D eigenvalue weighted by atomic mass is 35.5. The molecule has 18 aromatic rings. The number of anilines is 3. The maximum atomic E-state index is 11.9. The van der Waals surface area contributed by atoms with Crippen molar-refractivity contribution < 1.29 is 14.3 Å². The van der Waals surface area contributed by atoms with Crippen LogP contribution in [-0.4, -0.2) is 229 Å². The highest BCUT2D eigenvalue weighted by Crippen LogP contribution is 2.41. The van der Waals surface area contributed by atoms with Gasteiger partial charge in [0.1, 0.15) is 79.9 Å². The molecule has 0 amide bonds. The topological polar surface area (TPSA) is 339 Å². The van der Waals surface area contributed by atoms with Crippen LogP contribution < -0.4 is 14.7 Å². The Bertz CT molecular complexity index is 6990. The SMILES string of the molecule is CC(=O)C[C@@H]1N=C(c2ccc(Cl)cc2)c2c(sc(C)c2C)-n2c(C)nnc21.CCc1nc(-c2nc3ccc(N4CCOCC4)cc3n2Cc2cccnc2)cn2c(C)nnc12.CCc1nc(-c2nc3cnc(N4CCN(C)CC4)cc3n2Cc2ccncc2)cn2c(C)nnc12.CCc1nc(-c2nc3cnc(N4CCOCC4)cc3n2Cc2cccnc2)cn2c(C)nnc12. The Morgan fingerprint density at radius 3 is 1.43 bits per heavy atom. The lowest BCUT2D eigenvalue weighted by molar-refractivity contribution is -0.117. The van der Waals surface area contributed by atoms with E-state index in [0.717, 1.165) is 260 Å². The van der Waals surface area contributed by atoms with Crippen LogP contribution >= 0.6 is 22.9 Å². The van der Waals surface area contributed by atoms with Gasteiger partial charge in [0, 0.05) is 160 Å². The van der Waals surface area contributed by atoms with Gasteiger partial charge in [-0.05, 0) is 152 Å². The second-order valence-corrected chi connectivity index (χ2v) is 34.4. The molecule has 0 bridgehead atoms. The van der Waals surface area contributed by atoms with Crippen LogP contribution in [-0.2, 0) is 53.2 Å². The number of rotatable bonds is 18. The van der Waals surface area contributed by atoms with Crippen LogP contribution in [0.2, 0.25) is 5.02 Å². The highest BCUT2D eigenvalue weighted by Gasteiger charge is 2.33. The molecule has 0 radical (unpaired) electrons. The van der Waals surface area contributed by atoms with E-state index in [1.54, 1.807) is 30.7 Å². The number of Topliss-reactive ketones (excluding diaryl/α,β-unsaturated/α-hetero) is 1. The first-order valence-electron chi connectivity index (χ1n) is 43.9. The van der Waals surface area contributed by atoms with Crippen LogP contribution in [0.3, 0.4) is 0 Å². The normalized spacial score (nSPS) is 14.8. The molecule has 0 N–H and O–H groups in total. The minimum Gasteiger partial charge on any atom is -0.378 e. The van der Waals surface area contributed by atoms with E-state index in [-0.39, 0.29) is 11.8 Å². The average molecular weight is 1780 g/mol. The first-order valence-corrected chi connectivity index (χ1v) is 45.1. The van der Waals surface area contributed by atoms with Gasteiger partial charge in [-0.1, -0.05) is 56.6 Å². The fourth-order valence-corrected chi connectivity index (χ4v) is 18.4. The summed E-state index contributed by atoms with van der Waals surface area (Å²) < 4.78 is 25.8. The quantitative estimate of drug-likeness (QED) is 0.0770.